The lowest BCUT2D eigenvalue weighted by atomic mass is 9.72. The highest BCUT2D eigenvalue weighted by atomic mass is 16.7. The number of hydrogen-bond donors (Lipinski definition) is 7. The lowest BCUT2D eigenvalue weighted by Gasteiger charge is -2.43. The number of aliphatic hydroxyl groups excluding tert-OH is 2. The summed E-state index contributed by atoms with van der Waals surface area (Å²) in [5, 5.41) is 63.0. The molecule has 0 unspecified atom stereocenters. The zero-order valence-electron chi connectivity index (χ0n) is 21.1. The van der Waals surface area contributed by atoms with E-state index in [-0.39, 0.29) is 77.1 Å². The molecule has 8 N–H and O–H groups in total. The number of phenols is 2. The molecule has 5 rings (SSSR count). The molecule has 1 heterocycles. The minimum absolute atomic E-state index is 0.0481. The van der Waals surface area contributed by atoms with E-state index in [1.165, 1.54) is 13.2 Å². The third kappa shape index (κ3) is 4.06. The third-order valence-corrected chi connectivity index (χ3v) is 7.84. The van der Waals surface area contributed by atoms with Crippen molar-refractivity contribution in [3.8, 4) is 17.2 Å². The quantitative estimate of drug-likeness (QED) is 0.235. The fraction of sp³-hybridized carbons (Fsp3) is 0.481. The van der Waals surface area contributed by atoms with Gasteiger partial charge in [-0.15, -0.1) is 0 Å². The molecule has 0 radical (unpaired) electrons. The van der Waals surface area contributed by atoms with Crippen molar-refractivity contribution in [3.05, 3.63) is 51.6 Å². The minimum atomic E-state index is -1.53. The third-order valence-electron chi connectivity index (χ3n) is 7.84. The first kappa shape index (κ1) is 26.5. The Balaban J connectivity index is 1.66. The van der Waals surface area contributed by atoms with E-state index in [1.54, 1.807) is 19.1 Å². The predicted octanol–water partition coefficient (Wildman–Crippen LogP) is 1.01. The number of ketones is 1. The predicted molar refractivity (Wildman–Crippen MR) is 134 cm³/mol. The Morgan fingerprint density at radius 2 is 1.95 bits per heavy atom. The van der Waals surface area contributed by atoms with Crippen LogP contribution in [0.15, 0.2) is 18.2 Å². The van der Waals surface area contributed by atoms with Gasteiger partial charge in [-0.05, 0) is 19.4 Å². The number of hydrogen-bond acceptors (Lipinski definition) is 11. The topological polar surface area (TPSA) is 196 Å². The highest BCUT2D eigenvalue weighted by Crippen LogP contribution is 2.52. The van der Waals surface area contributed by atoms with Crippen LogP contribution in [0.3, 0.4) is 0 Å². The molecule has 0 spiro atoms. The van der Waals surface area contributed by atoms with Crippen LogP contribution in [0.2, 0.25) is 0 Å². The molecule has 38 heavy (non-hydrogen) atoms. The van der Waals surface area contributed by atoms with Gasteiger partial charge in [0.15, 0.2) is 12.1 Å². The molecule has 1 fully saturated rings. The summed E-state index contributed by atoms with van der Waals surface area (Å²) < 4.78 is 17.3. The molecule has 2 aliphatic carbocycles. The van der Waals surface area contributed by atoms with E-state index in [0.29, 0.717) is 0 Å². The van der Waals surface area contributed by atoms with Crippen molar-refractivity contribution in [2.75, 3.05) is 13.7 Å². The molecule has 2 aromatic carbocycles. The molecule has 3 aliphatic rings. The number of carbonyl (C=O) groups excluding carboxylic acids is 1. The minimum Gasteiger partial charge on any atom is -0.507 e. The van der Waals surface area contributed by atoms with Gasteiger partial charge in [0.05, 0.1) is 53.4 Å². The van der Waals surface area contributed by atoms with Crippen LogP contribution in [0.25, 0.3) is 0 Å². The Morgan fingerprint density at radius 1 is 1.21 bits per heavy atom. The largest absolute Gasteiger partial charge is 0.507 e. The van der Waals surface area contributed by atoms with Gasteiger partial charge in [-0.2, -0.15) is 0 Å². The maximum absolute atomic E-state index is 13.6. The molecule has 11 nitrogen and oxygen atoms in total. The summed E-state index contributed by atoms with van der Waals surface area (Å²) in [7, 11) is 1.41. The Kier molecular flexibility index (Phi) is 6.70. The summed E-state index contributed by atoms with van der Waals surface area (Å²) in [6.07, 6.45) is -3.64. The number of aromatic hydroxyl groups is 2. The summed E-state index contributed by atoms with van der Waals surface area (Å²) in [4.78, 5) is 13.6. The van der Waals surface area contributed by atoms with Gasteiger partial charge in [-0.3, -0.25) is 10.2 Å². The van der Waals surface area contributed by atoms with Gasteiger partial charge in [-0.25, -0.2) is 0 Å². The van der Waals surface area contributed by atoms with E-state index in [4.69, 9.17) is 25.4 Å². The van der Waals surface area contributed by atoms with E-state index in [0.717, 1.165) is 0 Å². The van der Waals surface area contributed by atoms with Gasteiger partial charge in [-0.1, -0.05) is 12.1 Å². The molecule has 0 amide bonds. The van der Waals surface area contributed by atoms with Crippen LogP contribution in [-0.2, 0) is 15.9 Å². The molecule has 6 atom stereocenters. The van der Waals surface area contributed by atoms with Gasteiger partial charge in [0.1, 0.15) is 17.2 Å². The first-order valence-electron chi connectivity index (χ1n) is 12.5. The van der Waals surface area contributed by atoms with Gasteiger partial charge in [0.2, 0.25) is 0 Å². The summed E-state index contributed by atoms with van der Waals surface area (Å²) in [6.45, 7) is 1.30. The van der Waals surface area contributed by atoms with Crippen molar-refractivity contribution in [2.24, 2.45) is 5.73 Å². The molecular weight excluding hydrogens is 496 g/mol. The molecule has 0 saturated carbocycles. The molecule has 11 heteroatoms. The maximum atomic E-state index is 13.6. The van der Waals surface area contributed by atoms with Crippen LogP contribution in [0.1, 0.15) is 70.5 Å². The van der Waals surface area contributed by atoms with Gasteiger partial charge in [0.25, 0.3) is 0 Å². The lowest BCUT2D eigenvalue weighted by Crippen LogP contribution is -2.52. The normalized spacial score (nSPS) is 30.4. The van der Waals surface area contributed by atoms with Crippen molar-refractivity contribution >= 4 is 11.5 Å². The summed E-state index contributed by atoms with van der Waals surface area (Å²) in [5.41, 5.74) is 4.46. The van der Waals surface area contributed by atoms with Crippen molar-refractivity contribution in [2.45, 2.75) is 68.9 Å². The number of methoxy groups -OCH3 is 1. The van der Waals surface area contributed by atoms with E-state index in [1.807, 2.05) is 0 Å². The fourth-order valence-corrected chi connectivity index (χ4v) is 5.91. The number of carbonyl (C=O) groups is 1. The second-order valence-electron chi connectivity index (χ2n) is 10.3. The first-order chi connectivity index (χ1) is 18.0. The first-order valence-corrected chi connectivity index (χ1v) is 12.5. The average Bonchev–Trinajstić information content (AvgIpc) is 2.87. The standard InChI is InChI=1S/C27H32N2O9/c1-11-23(31)14(28)8-17(37-11)38-16-10-27(35,6-7-30)9-13-19(16)26(34)20-21(25(13)33)24(32)12-4-3-5-15(36-2)18(12)22(20)29/h3-5,11,14,16-17,23,29-31,33-35H,6-10,28H2,1-2H3/t11-,14-,16-,17-,23-,27-/m1/s1. The van der Waals surface area contributed by atoms with Crippen molar-refractivity contribution in [1.82, 2.24) is 0 Å². The van der Waals surface area contributed by atoms with Crippen molar-refractivity contribution in [3.63, 3.8) is 0 Å². The second-order valence-corrected chi connectivity index (χ2v) is 10.3. The van der Waals surface area contributed by atoms with E-state index >= 15 is 0 Å². The molecule has 1 saturated heterocycles. The van der Waals surface area contributed by atoms with Crippen molar-refractivity contribution < 1.29 is 44.5 Å². The maximum Gasteiger partial charge on any atom is 0.198 e. The van der Waals surface area contributed by atoms with Crippen LogP contribution in [0.5, 0.6) is 17.2 Å². The van der Waals surface area contributed by atoms with Gasteiger partial charge >= 0.3 is 0 Å². The van der Waals surface area contributed by atoms with Gasteiger partial charge in [0, 0.05) is 48.6 Å². The number of nitrogens with two attached hydrogens (primary N) is 1. The number of phenolic OH excluding ortho intramolecular Hbond substituents is 2. The molecule has 0 aromatic heterocycles. The zero-order valence-corrected chi connectivity index (χ0v) is 21.1. The summed E-state index contributed by atoms with van der Waals surface area (Å²) >= 11 is 0. The summed E-state index contributed by atoms with van der Waals surface area (Å²) in [6, 6.07) is 4.07. The number of fused-ring (bicyclic) bond motifs is 3. The SMILES string of the molecule is COc1cccc2c1C(=N)c1c(O)c3c(c(O)c1C2=O)C[C@](O)(CCO)C[C@H]3O[C@@H]1C[C@@H](N)[C@H](O)[C@@H](C)O1. The molecule has 2 aromatic rings. The van der Waals surface area contributed by atoms with E-state index in [2.05, 4.69) is 0 Å². The number of nitrogens with one attached hydrogen (secondary N) is 1. The highest BCUT2D eigenvalue weighted by Gasteiger charge is 2.47. The Labute approximate surface area is 218 Å². The Hall–Kier alpha value is -3.06. The smallest absolute Gasteiger partial charge is 0.198 e. The second kappa shape index (κ2) is 9.60. The van der Waals surface area contributed by atoms with Gasteiger partial charge < -0.3 is 45.5 Å². The number of rotatable bonds is 5. The van der Waals surface area contributed by atoms with Crippen molar-refractivity contribution in [1.29, 1.82) is 5.41 Å². The Morgan fingerprint density at radius 3 is 2.61 bits per heavy atom. The number of aliphatic hydroxyl groups is 3. The summed E-state index contributed by atoms with van der Waals surface area (Å²) in [5.74, 6) is -1.22. The van der Waals surface area contributed by atoms with Crippen LogP contribution in [0, 0.1) is 5.41 Å². The molecule has 0 bridgehead atoms. The lowest BCUT2D eigenvalue weighted by molar-refractivity contribution is -0.248. The molecule has 204 valence electrons. The molecular formula is C27H32N2O9. The highest BCUT2D eigenvalue weighted by molar-refractivity contribution is 6.32. The Bertz CT molecular complexity index is 1300. The number of benzene rings is 2. The monoisotopic (exact) mass is 528 g/mol. The molecule has 1 aliphatic heterocycles. The van der Waals surface area contributed by atoms with E-state index in [9.17, 15) is 30.3 Å². The zero-order chi connectivity index (χ0) is 27.5. The van der Waals surface area contributed by atoms with Crippen LogP contribution < -0.4 is 10.5 Å². The van der Waals surface area contributed by atoms with Crippen LogP contribution >= 0.6 is 0 Å². The number of ether oxygens (including phenoxy) is 3. The van der Waals surface area contributed by atoms with E-state index < -0.39 is 53.5 Å². The van der Waals surface area contributed by atoms with Crippen LogP contribution in [-0.4, -0.2) is 80.9 Å². The fourth-order valence-electron chi connectivity index (χ4n) is 5.91. The average molecular weight is 529 g/mol. The van der Waals surface area contributed by atoms with Crippen LogP contribution in [0.4, 0.5) is 0 Å².